The van der Waals surface area contributed by atoms with Gasteiger partial charge in [-0.2, -0.15) is 0 Å². The predicted octanol–water partition coefficient (Wildman–Crippen LogP) is 2.60. The molecule has 0 aromatic rings. The first-order chi connectivity index (χ1) is 7.62. The molecule has 0 saturated carbocycles. The number of nitrogens with one attached hydrogen (secondary N) is 1. The van der Waals surface area contributed by atoms with E-state index in [1.54, 1.807) is 0 Å². The van der Waals surface area contributed by atoms with E-state index in [2.05, 4.69) is 33.0 Å². The summed E-state index contributed by atoms with van der Waals surface area (Å²) in [6.45, 7) is 12.9. The maximum absolute atomic E-state index is 5.72. The zero-order chi connectivity index (χ0) is 12.3. The Balaban J connectivity index is 3.10. The quantitative estimate of drug-likeness (QED) is 0.554. The fraction of sp³-hybridized carbons (Fsp3) is 1.00. The van der Waals surface area contributed by atoms with Crippen molar-refractivity contribution in [2.24, 2.45) is 0 Å². The highest BCUT2D eigenvalue weighted by atomic mass is 16.5. The molecule has 0 spiro atoms. The number of hydrogen-bond donors (Lipinski definition) is 1. The van der Waals surface area contributed by atoms with Crippen molar-refractivity contribution < 1.29 is 9.47 Å². The van der Waals surface area contributed by atoms with E-state index in [9.17, 15) is 0 Å². The third-order valence-electron chi connectivity index (χ3n) is 2.69. The van der Waals surface area contributed by atoms with Crippen molar-refractivity contribution in [3.63, 3.8) is 0 Å². The molecular weight excluding hydrogens is 202 g/mol. The van der Waals surface area contributed by atoms with E-state index in [1.807, 2.05) is 0 Å². The van der Waals surface area contributed by atoms with E-state index in [-0.39, 0.29) is 5.60 Å². The van der Waals surface area contributed by atoms with Crippen LogP contribution >= 0.6 is 0 Å². The molecule has 3 nitrogen and oxygen atoms in total. The normalized spacial score (nSPS) is 12.0. The summed E-state index contributed by atoms with van der Waals surface area (Å²) in [7, 11) is 0. The molecule has 98 valence electrons. The molecule has 0 aromatic carbocycles. The van der Waals surface area contributed by atoms with Gasteiger partial charge in [0, 0.05) is 19.7 Å². The standard InChI is InChI=1S/C13H29NO2/c1-5-7-10-15-11-8-14-9-12-16-13(3,4)6-2/h14H,5-12H2,1-4H3. The summed E-state index contributed by atoms with van der Waals surface area (Å²) < 4.78 is 11.2. The zero-order valence-corrected chi connectivity index (χ0v) is 11.5. The van der Waals surface area contributed by atoms with E-state index in [0.717, 1.165) is 45.8 Å². The highest BCUT2D eigenvalue weighted by Gasteiger charge is 2.13. The lowest BCUT2D eigenvalue weighted by molar-refractivity contribution is -0.0183. The van der Waals surface area contributed by atoms with Crippen LogP contribution in [0.25, 0.3) is 0 Å². The number of rotatable bonds is 11. The molecule has 0 rings (SSSR count). The van der Waals surface area contributed by atoms with E-state index in [1.165, 1.54) is 6.42 Å². The Morgan fingerprint density at radius 2 is 1.69 bits per heavy atom. The van der Waals surface area contributed by atoms with E-state index >= 15 is 0 Å². The second-order valence-corrected chi connectivity index (χ2v) is 4.68. The van der Waals surface area contributed by atoms with Gasteiger partial charge in [0.05, 0.1) is 18.8 Å². The van der Waals surface area contributed by atoms with Crippen LogP contribution in [0.4, 0.5) is 0 Å². The Bertz CT molecular complexity index is 149. The monoisotopic (exact) mass is 231 g/mol. The van der Waals surface area contributed by atoms with Crippen molar-refractivity contribution in [1.29, 1.82) is 0 Å². The number of hydrogen-bond acceptors (Lipinski definition) is 3. The molecular formula is C13H29NO2. The van der Waals surface area contributed by atoms with Gasteiger partial charge in [-0.25, -0.2) is 0 Å². The van der Waals surface area contributed by atoms with Crippen LogP contribution in [0, 0.1) is 0 Å². The largest absolute Gasteiger partial charge is 0.380 e. The van der Waals surface area contributed by atoms with Crippen LogP contribution < -0.4 is 5.32 Å². The minimum absolute atomic E-state index is 0.0132. The van der Waals surface area contributed by atoms with Crippen LogP contribution in [0.3, 0.4) is 0 Å². The van der Waals surface area contributed by atoms with Crippen molar-refractivity contribution >= 4 is 0 Å². The number of unbranched alkanes of at least 4 members (excludes halogenated alkanes) is 1. The highest BCUT2D eigenvalue weighted by molar-refractivity contribution is 4.65. The van der Waals surface area contributed by atoms with Crippen molar-refractivity contribution in [1.82, 2.24) is 5.32 Å². The van der Waals surface area contributed by atoms with Gasteiger partial charge in [0.15, 0.2) is 0 Å². The topological polar surface area (TPSA) is 30.5 Å². The second kappa shape index (κ2) is 10.1. The minimum atomic E-state index is 0.0132. The van der Waals surface area contributed by atoms with Gasteiger partial charge in [-0.15, -0.1) is 0 Å². The highest BCUT2D eigenvalue weighted by Crippen LogP contribution is 2.12. The molecule has 0 amide bonds. The van der Waals surface area contributed by atoms with E-state index < -0.39 is 0 Å². The fourth-order valence-corrected chi connectivity index (χ4v) is 1.12. The molecule has 0 atom stereocenters. The lowest BCUT2D eigenvalue weighted by atomic mass is 10.1. The summed E-state index contributed by atoms with van der Waals surface area (Å²) in [5, 5.41) is 3.31. The van der Waals surface area contributed by atoms with Gasteiger partial charge >= 0.3 is 0 Å². The first kappa shape index (κ1) is 15.9. The summed E-state index contributed by atoms with van der Waals surface area (Å²) in [5.74, 6) is 0. The van der Waals surface area contributed by atoms with Crippen LogP contribution in [0.1, 0.15) is 47.0 Å². The van der Waals surface area contributed by atoms with Crippen LogP contribution in [0.2, 0.25) is 0 Å². The van der Waals surface area contributed by atoms with E-state index in [4.69, 9.17) is 9.47 Å². The van der Waals surface area contributed by atoms with Gasteiger partial charge < -0.3 is 14.8 Å². The van der Waals surface area contributed by atoms with Crippen molar-refractivity contribution in [3.8, 4) is 0 Å². The Labute approximate surface area is 101 Å². The number of ether oxygens (including phenoxy) is 2. The van der Waals surface area contributed by atoms with Crippen LogP contribution in [0.5, 0.6) is 0 Å². The zero-order valence-electron chi connectivity index (χ0n) is 11.5. The maximum Gasteiger partial charge on any atom is 0.0624 e. The molecule has 0 bridgehead atoms. The van der Waals surface area contributed by atoms with Gasteiger partial charge in [-0.3, -0.25) is 0 Å². The average Bonchev–Trinajstić information content (AvgIpc) is 2.27. The third-order valence-corrected chi connectivity index (χ3v) is 2.69. The third kappa shape index (κ3) is 10.4. The molecule has 0 unspecified atom stereocenters. The van der Waals surface area contributed by atoms with Gasteiger partial charge in [-0.05, 0) is 26.7 Å². The molecule has 1 N–H and O–H groups in total. The van der Waals surface area contributed by atoms with Gasteiger partial charge in [0.1, 0.15) is 0 Å². The van der Waals surface area contributed by atoms with Crippen LogP contribution in [0.15, 0.2) is 0 Å². The molecule has 0 aliphatic heterocycles. The lowest BCUT2D eigenvalue weighted by Crippen LogP contribution is -2.30. The molecule has 0 aliphatic carbocycles. The van der Waals surface area contributed by atoms with Crippen LogP contribution in [-0.2, 0) is 9.47 Å². The molecule has 16 heavy (non-hydrogen) atoms. The Morgan fingerprint density at radius 3 is 2.31 bits per heavy atom. The van der Waals surface area contributed by atoms with Gasteiger partial charge in [-0.1, -0.05) is 20.3 Å². The summed E-state index contributed by atoms with van der Waals surface area (Å²) >= 11 is 0. The van der Waals surface area contributed by atoms with Crippen LogP contribution in [-0.4, -0.2) is 38.5 Å². The average molecular weight is 231 g/mol. The van der Waals surface area contributed by atoms with Gasteiger partial charge in [0.25, 0.3) is 0 Å². The Hall–Kier alpha value is -0.120. The second-order valence-electron chi connectivity index (χ2n) is 4.68. The maximum atomic E-state index is 5.72. The van der Waals surface area contributed by atoms with Gasteiger partial charge in [0.2, 0.25) is 0 Å². The first-order valence-electron chi connectivity index (χ1n) is 6.55. The molecule has 0 aromatic heterocycles. The summed E-state index contributed by atoms with van der Waals surface area (Å²) in [6.07, 6.45) is 3.41. The molecule has 0 fully saturated rings. The Morgan fingerprint density at radius 1 is 1.00 bits per heavy atom. The summed E-state index contributed by atoms with van der Waals surface area (Å²) in [6, 6.07) is 0. The first-order valence-corrected chi connectivity index (χ1v) is 6.55. The van der Waals surface area contributed by atoms with Crippen molar-refractivity contribution in [3.05, 3.63) is 0 Å². The smallest absolute Gasteiger partial charge is 0.0624 e. The van der Waals surface area contributed by atoms with Crippen molar-refractivity contribution in [2.75, 3.05) is 32.9 Å². The molecule has 0 aliphatic rings. The lowest BCUT2D eigenvalue weighted by Gasteiger charge is -2.23. The minimum Gasteiger partial charge on any atom is -0.380 e. The molecule has 0 radical (unpaired) electrons. The molecule has 0 saturated heterocycles. The Kier molecular flexibility index (Phi) is 9.99. The summed E-state index contributed by atoms with van der Waals surface area (Å²) in [5.41, 5.74) is 0.0132. The predicted molar refractivity (Wildman–Crippen MR) is 68.9 cm³/mol. The molecule has 0 heterocycles. The van der Waals surface area contributed by atoms with E-state index in [0.29, 0.717) is 0 Å². The SMILES string of the molecule is CCCCOCCNCCOC(C)(C)CC. The summed E-state index contributed by atoms with van der Waals surface area (Å²) in [4.78, 5) is 0. The molecule has 3 heteroatoms. The fourth-order valence-electron chi connectivity index (χ4n) is 1.12. The van der Waals surface area contributed by atoms with Crippen molar-refractivity contribution in [2.45, 2.75) is 52.6 Å².